The maximum atomic E-state index is 5.94. The van der Waals surface area contributed by atoms with E-state index in [1.54, 1.807) is 0 Å². The monoisotopic (exact) mass is 472 g/mol. The summed E-state index contributed by atoms with van der Waals surface area (Å²) in [5.74, 6) is 0.920. The molecule has 2 bridgehead atoms. The van der Waals surface area contributed by atoms with Gasteiger partial charge in [-0.05, 0) is 57.7 Å². The van der Waals surface area contributed by atoms with Crippen molar-refractivity contribution in [3.05, 3.63) is 29.8 Å². The summed E-state index contributed by atoms with van der Waals surface area (Å²) < 4.78 is 5.94. The Kier molecular flexibility index (Phi) is 8.47. The van der Waals surface area contributed by atoms with Crippen molar-refractivity contribution in [1.29, 1.82) is 0 Å². The Morgan fingerprint density at radius 3 is 2.77 bits per heavy atom. The molecule has 0 spiro atoms. The zero-order chi connectivity index (χ0) is 17.6. The van der Waals surface area contributed by atoms with Crippen molar-refractivity contribution in [1.82, 2.24) is 10.6 Å². The van der Waals surface area contributed by atoms with Crippen LogP contribution >= 0.6 is 24.0 Å². The summed E-state index contributed by atoms with van der Waals surface area (Å²) in [7, 11) is 0. The fourth-order valence-corrected chi connectivity index (χ4v) is 3.86. The van der Waals surface area contributed by atoms with Crippen LogP contribution in [-0.2, 0) is 4.74 Å². The number of benzene rings is 1. The van der Waals surface area contributed by atoms with Gasteiger partial charge in [0, 0.05) is 25.3 Å². The second-order valence-electron chi connectivity index (χ2n) is 7.04. The van der Waals surface area contributed by atoms with Crippen molar-refractivity contribution in [2.45, 2.75) is 58.3 Å². The summed E-state index contributed by atoms with van der Waals surface area (Å²) in [5, 5.41) is 6.96. The number of fused-ring (bicyclic) bond motifs is 2. The van der Waals surface area contributed by atoms with Crippen LogP contribution in [0.4, 0.5) is 5.69 Å². The smallest absolute Gasteiger partial charge is 0.191 e. The molecule has 1 aromatic rings. The van der Waals surface area contributed by atoms with E-state index in [1.807, 2.05) is 0 Å². The SMILES string of the molecule is CCNC(=NCCN(CC)c1cccc(C)c1)NC1CC2CCC1O2.I. The van der Waals surface area contributed by atoms with Gasteiger partial charge in [0.15, 0.2) is 5.96 Å². The highest BCUT2D eigenvalue weighted by Crippen LogP contribution is 2.34. The molecule has 1 aromatic carbocycles. The number of ether oxygens (including phenoxy) is 1. The molecule has 3 rings (SSSR count). The average Bonchev–Trinajstić information content (AvgIpc) is 3.22. The number of hydrogen-bond donors (Lipinski definition) is 2. The molecule has 2 aliphatic rings. The Balaban J connectivity index is 0.00000243. The number of rotatable bonds is 7. The number of anilines is 1. The summed E-state index contributed by atoms with van der Waals surface area (Å²) >= 11 is 0. The number of halogens is 1. The molecule has 6 heteroatoms. The average molecular weight is 472 g/mol. The molecule has 146 valence electrons. The maximum Gasteiger partial charge on any atom is 0.191 e. The summed E-state index contributed by atoms with van der Waals surface area (Å²) in [4.78, 5) is 7.17. The first-order valence-corrected chi connectivity index (χ1v) is 9.71. The highest BCUT2D eigenvalue weighted by molar-refractivity contribution is 14.0. The van der Waals surface area contributed by atoms with E-state index in [2.05, 4.69) is 60.6 Å². The van der Waals surface area contributed by atoms with Gasteiger partial charge in [0.2, 0.25) is 0 Å². The number of hydrogen-bond acceptors (Lipinski definition) is 3. The van der Waals surface area contributed by atoms with Crippen molar-refractivity contribution < 1.29 is 4.74 Å². The zero-order valence-corrected chi connectivity index (χ0v) is 18.5. The molecule has 2 fully saturated rings. The number of nitrogens with zero attached hydrogens (tertiary/aromatic N) is 2. The minimum absolute atomic E-state index is 0. The van der Waals surface area contributed by atoms with Crippen LogP contribution in [0.2, 0.25) is 0 Å². The summed E-state index contributed by atoms with van der Waals surface area (Å²) in [6, 6.07) is 9.09. The van der Waals surface area contributed by atoms with E-state index in [4.69, 9.17) is 9.73 Å². The molecule has 0 amide bonds. The number of guanidine groups is 1. The van der Waals surface area contributed by atoms with Gasteiger partial charge in [-0.3, -0.25) is 4.99 Å². The van der Waals surface area contributed by atoms with Gasteiger partial charge in [0.1, 0.15) is 0 Å². The number of aliphatic imine (C=N–C) groups is 1. The maximum absolute atomic E-state index is 5.94. The summed E-state index contributed by atoms with van der Waals surface area (Å²) in [6.07, 6.45) is 4.34. The third kappa shape index (κ3) is 5.49. The van der Waals surface area contributed by atoms with E-state index in [-0.39, 0.29) is 24.0 Å². The lowest BCUT2D eigenvalue weighted by Crippen LogP contribution is -2.47. The first-order chi connectivity index (χ1) is 12.2. The molecule has 3 unspecified atom stereocenters. The van der Waals surface area contributed by atoms with Crippen LogP contribution in [0.1, 0.15) is 38.7 Å². The van der Waals surface area contributed by atoms with Crippen LogP contribution in [0.25, 0.3) is 0 Å². The fourth-order valence-electron chi connectivity index (χ4n) is 3.86. The van der Waals surface area contributed by atoms with Crippen LogP contribution in [0.5, 0.6) is 0 Å². The second-order valence-corrected chi connectivity index (χ2v) is 7.04. The van der Waals surface area contributed by atoms with Crippen molar-refractivity contribution in [3.63, 3.8) is 0 Å². The molecular formula is C20H33IN4O. The quantitative estimate of drug-likeness (QED) is 0.363. The minimum Gasteiger partial charge on any atom is -0.373 e. The molecular weight excluding hydrogens is 439 g/mol. The van der Waals surface area contributed by atoms with E-state index < -0.39 is 0 Å². The fraction of sp³-hybridized carbons (Fsp3) is 0.650. The first kappa shape index (κ1) is 21.3. The van der Waals surface area contributed by atoms with Crippen LogP contribution in [0.15, 0.2) is 29.3 Å². The molecule has 0 aliphatic carbocycles. The molecule has 2 heterocycles. The normalized spacial score (nSPS) is 24.3. The van der Waals surface area contributed by atoms with E-state index in [0.29, 0.717) is 18.2 Å². The van der Waals surface area contributed by atoms with Gasteiger partial charge in [-0.2, -0.15) is 0 Å². The summed E-state index contributed by atoms with van der Waals surface area (Å²) in [6.45, 7) is 10.0. The lowest BCUT2D eigenvalue weighted by atomic mass is 9.96. The molecule has 0 radical (unpaired) electrons. The van der Waals surface area contributed by atoms with E-state index >= 15 is 0 Å². The second kappa shape index (κ2) is 10.3. The van der Waals surface area contributed by atoms with Gasteiger partial charge in [-0.15, -0.1) is 24.0 Å². The molecule has 2 N–H and O–H groups in total. The Labute approximate surface area is 175 Å². The van der Waals surface area contributed by atoms with Gasteiger partial charge in [0.25, 0.3) is 0 Å². The largest absolute Gasteiger partial charge is 0.373 e. The molecule has 5 nitrogen and oxygen atoms in total. The van der Waals surface area contributed by atoms with Crippen molar-refractivity contribution in [3.8, 4) is 0 Å². The standard InChI is InChI=1S/C20H32N4O.HI/c1-4-21-20(23-18-14-17-9-10-19(18)25-17)22-11-12-24(5-2)16-8-6-7-15(3)13-16;/h6-8,13,17-19H,4-5,9-12,14H2,1-3H3,(H2,21,22,23);1H. The van der Waals surface area contributed by atoms with Gasteiger partial charge in [-0.25, -0.2) is 0 Å². The Morgan fingerprint density at radius 2 is 2.15 bits per heavy atom. The van der Waals surface area contributed by atoms with Crippen molar-refractivity contribution >= 4 is 35.6 Å². The van der Waals surface area contributed by atoms with Crippen LogP contribution in [0, 0.1) is 6.92 Å². The number of aryl methyl sites for hydroxylation is 1. The number of nitrogens with one attached hydrogen (secondary N) is 2. The lowest BCUT2D eigenvalue weighted by Gasteiger charge is -2.24. The Bertz CT molecular complexity index is 595. The van der Waals surface area contributed by atoms with Gasteiger partial charge in [0.05, 0.1) is 24.8 Å². The predicted octanol–water partition coefficient (Wildman–Crippen LogP) is 3.31. The third-order valence-corrected chi connectivity index (χ3v) is 5.16. The molecule has 0 saturated carbocycles. The van der Waals surface area contributed by atoms with Gasteiger partial charge in [-0.1, -0.05) is 12.1 Å². The predicted molar refractivity (Wildman–Crippen MR) is 120 cm³/mol. The van der Waals surface area contributed by atoms with E-state index in [1.165, 1.54) is 24.1 Å². The minimum atomic E-state index is 0. The lowest BCUT2D eigenvalue weighted by molar-refractivity contribution is 0.0992. The topological polar surface area (TPSA) is 48.9 Å². The molecule has 2 saturated heterocycles. The molecule has 26 heavy (non-hydrogen) atoms. The highest BCUT2D eigenvalue weighted by atomic mass is 127. The van der Waals surface area contributed by atoms with E-state index in [9.17, 15) is 0 Å². The van der Waals surface area contributed by atoms with Gasteiger partial charge < -0.3 is 20.3 Å². The Morgan fingerprint density at radius 1 is 1.31 bits per heavy atom. The molecule has 3 atom stereocenters. The first-order valence-electron chi connectivity index (χ1n) is 9.71. The highest BCUT2D eigenvalue weighted by Gasteiger charge is 2.41. The van der Waals surface area contributed by atoms with Crippen LogP contribution in [0.3, 0.4) is 0 Å². The molecule has 0 aromatic heterocycles. The van der Waals surface area contributed by atoms with Crippen LogP contribution in [-0.4, -0.2) is 50.4 Å². The molecule has 2 aliphatic heterocycles. The van der Waals surface area contributed by atoms with Crippen molar-refractivity contribution in [2.75, 3.05) is 31.1 Å². The van der Waals surface area contributed by atoms with Crippen molar-refractivity contribution in [2.24, 2.45) is 4.99 Å². The summed E-state index contributed by atoms with van der Waals surface area (Å²) in [5.41, 5.74) is 2.57. The Hall–Kier alpha value is -1.02. The van der Waals surface area contributed by atoms with E-state index in [0.717, 1.165) is 38.6 Å². The van der Waals surface area contributed by atoms with Gasteiger partial charge >= 0.3 is 0 Å². The van der Waals surface area contributed by atoms with Crippen LogP contribution < -0.4 is 15.5 Å². The number of likely N-dealkylation sites (N-methyl/N-ethyl adjacent to an activating group) is 1. The third-order valence-electron chi connectivity index (χ3n) is 5.16. The zero-order valence-electron chi connectivity index (χ0n) is 16.2.